The van der Waals surface area contributed by atoms with Crippen molar-refractivity contribution < 1.29 is 13.2 Å². The van der Waals surface area contributed by atoms with Crippen LogP contribution in [0.15, 0.2) is 29.2 Å². The van der Waals surface area contributed by atoms with E-state index in [1.165, 1.54) is 17.1 Å². The number of hydrogen-bond donors (Lipinski definition) is 0. The minimum Gasteiger partial charge on any atom is -0.371 e. The first-order chi connectivity index (χ1) is 10.4. The molecule has 122 valence electrons. The number of rotatable bonds is 4. The number of anilines is 1. The highest BCUT2D eigenvalue weighted by atomic mass is 32.2. The third-order valence-electron chi connectivity index (χ3n) is 4.40. The van der Waals surface area contributed by atoms with Crippen LogP contribution in [0, 0.1) is 5.92 Å². The van der Waals surface area contributed by atoms with Gasteiger partial charge in [0, 0.05) is 27.2 Å². The summed E-state index contributed by atoms with van der Waals surface area (Å²) in [4.78, 5) is 2.55. The molecule has 2 aliphatic rings. The third-order valence-corrected chi connectivity index (χ3v) is 6.26. The van der Waals surface area contributed by atoms with Crippen LogP contribution in [-0.2, 0) is 14.8 Å². The van der Waals surface area contributed by atoms with Gasteiger partial charge in [0.25, 0.3) is 0 Å². The van der Waals surface area contributed by atoms with Gasteiger partial charge in [0.15, 0.2) is 0 Å². The van der Waals surface area contributed by atoms with E-state index in [1.807, 2.05) is 12.1 Å². The van der Waals surface area contributed by atoms with Gasteiger partial charge in [-0.05, 0) is 37.8 Å². The Morgan fingerprint density at radius 1 is 1.18 bits per heavy atom. The molecule has 1 aliphatic carbocycles. The second-order valence-electron chi connectivity index (χ2n) is 6.48. The molecule has 2 fully saturated rings. The van der Waals surface area contributed by atoms with E-state index in [1.54, 1.807) is 26.2 Å². The summed E-state index contributed by atoms with van der Waals surface area (Å²) >= 11 is 0. The van der Waals surface area contributed by atoms with Crippen LogP contribution in [0.5, 0.6) is 0 Å². The van der Waals surface area contributed by atoms with Crippen molar-refractivity contribution in [2.45, 2.75) is 36.9 Å². The van der Waals surface area contributed by atoms with E-state index >= 15 is 0 Å². The van der Waals surface area contributed by atoms with Crippen molar-refractivity contribution in [3.05, 3.63) is 24.3 Å². The fraction of sp³-hybridized carbons (Fsp3) is 0.625. The quantitative estimate of drug-likeness (QED) is 0.849. The molecular formula is C16H24N2O3S. The van der Waals surface area contributed by atoms with Gasteiger partial charge in [0.1, 0.15) is 4.90 Å². The Morgan fingerprint density at radius 3 is 2.50 bits per heavy atom. The molecule has 0 amide bonds. The van der Waals surface area contributed by atoms with Crippen molar-refractivity contribution >= 4 is 15.7 Å². The Morgan fingerprint density at radius 2 is 1.86 bits per heavy atom. The lowest BCUT2D eigenvalue weighted by atomic mass is 10.1. The molecule has 1 saturated carbocycles. The Kier molecular flexibility index (Phi) is 4.18. The normalized spacial score (nSPS) is 26.5. The van der Waals surface area contributed by atoms with Crippen LogP contribution in [0.3, 0.4) is 0 Å². The number of ether oxygens (including phenoxy) is 1. The van der Waals surface area contributed by atoms with E-state index in [9.17, 15) is 8.42 Å². The molecule has 1 heterocycles. The van der Waals surface area contributed by atoms with Crippen LogP contribution < -0.4 is 4.90 Å². The fourth-order valence-electron chi connectivity index (χ4n) is 3.04. The van der Waals surface area contributed by atoms with Gasteiger partial charge < -0.3 is 9.64 Å². The fourth-order valence-corrected chi connectivity index (χ4v) is 4.15. The summed E-state index contributed by atoms with van der Waals surface area (Å²) in [5.41, 5.74) is 0.789. The largest absolute Gasteiger partial charge is 0.371 e. The zero-order valence-electron chi connectivity index (χ0n) is 13.4. The molecule has 0 radical (unpaired) electrons. The standard InChI is InChI=1S/C16H24N2O3S/c1-12-10-18(11-15(21-12)13-8-9-13)14-6-4-5-7-16(14)22(19,20)17(2)3/h4-7,12-13,15H,8-11H2,1-3H3/t12-,15+/m1/s1. The SMILES string of the molecule is C[C@@H]1CN(c2ccccc2S(=O)(=O)N(C)C)C[C@@H](C2CC2)O1. The summed E-state index contributed by atoms with van der Waals surface area (Å²) in [7, 11) is -0.305. The molecule has 5 nitrogen and oxygen atoms in total. The zero-order chi connectivity index (χ0) is 15.9. The second kappa shape index (κ2) is 5.83. The van der Waals surface area contributed by atoms with Gasteiger partial charge in [-0.3, -0.25) is 0 Å². The molecular weight excluding hydrogens is 300 g/mol. The highest BCUT2D eigenvalue weighted by Gasteiger charge is 2.38. The lowest BCUT2D eigenvalue weighted by Gasteiger charge is -2.39. The molecule has 1 aromatic rings. The van der Waals surface area contributed by atoms with E-state index in [0.717, 1.165) is 18.8 Å². The van der Waals surface area contributed by atoms with Crippen LogP contribution >= 0.6 is 0 Å². The van der Waals surface area contributed by atoms with Crippen molar-refractivity contribution in [3.8, 4) is 0 Å². The smallest absolute Gasteiger partial charge is 0.244 e. The topological polar surface area (TPSA) is 49.9 Å². The number of sulfonamides is 1. The highest BCUT2D eigenvalue weighted by Crippen LogP contribution is 2.38. The molecule has 0 N–H and O–H groups in total. The first-order valence-corrected chi connectivity index (χ1v) is 9.25. The van der Waals surface area contributed by atoms with Crippen molar-refractivity contribution in [1.29, 1.82) is 0 Å². The van der Waals surface area contributed by atoms with E-state index < -0.39 is 10.0 Å². The monoisotopic (exact) mass is 324 g/mol. The Labute approximate surface area is 132 Å². The Hall–Kier alpha value is -1.11. The van der Waals surface area contributed by atoms with Gasteiger partial charge in [-0.2, -0.15) is 0 Å². The van der Waals surface area contributed by atoms with Gasteiger partial charge >= 0.3 is 0 Å². The van der Waals surface area contributed by atoms with Crippen molar-refractivity contribution in [2.75, 3.05) is 32.1 Å². The lowest BCUT2D eigenvalue weighted by molar-refractivity contribution is -0.0272. The van der Waals surface area contributed by atoms with Gasteiger partial charge in [-0.1, -0.05) is 12.1 Å². The molecule has 6 heteroatoms. The van der Waals surface area contributed by atoms with Gasteiger partial charge in [0.05, 0.1) is 17.9 Å². The highest BCUT2D eigenvalue weighted by molar-refractivity contribution is 7.89. The molecule has 0 unspecified atom stereocenters. The summed E-state index contributed by atoms with van der Waals surface area (Å²) in [6.07, 6.45) is 2.79. The second-order valence-corrected chi connectivity index (χ2v) is 8.60. The molecule has 0 bridgehead atoms. The zero-order valence-corrected chi connectivity index (χ0v) is 14.2. The van der Waals surface area contributed by atoms with Crippen LogP contribution in [0.4, 0.5) is 5.69 Å². The molecule has 1 saturated heterocycles. The number of morpholine rings is 1. The predicted molar refractivity (Wildman–Crippen MR) is 86.6 cm³/mol. The molecule has 22 heavy (non-hydrogen) atoms. The van der Waals surface area contributed by atoms with E-state index in [2.05, 4.69) is 11.8 Å². The number of para-hydroxylation sites is 1. The van der Waals surface area contributed by atoms with Gasteiger partial charge in [-0.25, -0.2) is 12.7 Å². The van der Waals surface area contributed by atoms with Crippen LogP contribution in [-0.4, -0.2) is 52.1 Å². The van der Waals surface area contributed by atoms with E-state index in [4.69, 9.17) is 4.74 Å². The molecule has 1 aromatic carbocycles. The first-order valence-electron chi connectivity index (χ1n) is 7.81. The van der Waals surface area contributed by atoms with E-state index in [-0.39, 0.29) is 12.2 Å². The molecule has 3 rings (SSSR count). The minimum atomic E-state index is -3.45. The maximum atomic E-state index is 12.6. The van der Waals surface area contributed by atoms with Crippen molar-refractivity contribution in [3.63, 3.8) is 0 Å². The third kappa shape index (κ3) is 3.00. The molecule has 0 spiro atoms. The average molecular weight is 324 g/mol. The van der Waals surface area contributed by atoms with Crippen LogP contribution in [0.2, 0.25) is 0 Å². The van der Waals surface area contributed by atoms with Gasteiger partial charge in [-0.15, -0.1) is 0 Å². The summed E-state index contributed by atoms with van der Waals surface area (Å²) < 4.78 is 32.5. The van der Waals surface area contributed by atoms with Crippen LogP contribution in [0.1, 0.15) is 19.8 Å². The van der Waals surface area contributed by atoms with Crippen LogP contribution in [0.25, 0.3) is 0 Å². The summed E-state index contributed by atoms with van der Waals surface area (Å²) in [5.74, 6) is 0.642. The number of nitrogens with zero attached hydrogens (tertiary/aromatic N) is 2. The lowest BCUT2D eigenvalue weighted by Crippen LogP contribution is -2.48. The predicted octanol–water partition coefficient (Wildman–Crippen LogP) is 1.94. The summed E-state index contributed by atoms with van der Waals surface area (Å²) in [6, 6.07) is 7.27. The number of hydrogen-bond acceptors (Lipinski definition) is 4. The Balaban J connectivity index is 1.94. The van der Waals surface area contributed by atoms with Crippen molar-refractivity contribution in [2.24, 2.45) is 5.92 Å². The minimum absolute atomic E-state index is 0.120. The summed E-state index contributed by atoms with van der Waals surface area (Å²) in [5, 5.41) is 0. The summed E-state index contributed by atoms with van der Waals surface area (Å²) in [6.45, 7) is 3.56. The first kappa shape index (κ1) is 15.8. The average Bonchev–Trinajstić information content (AvgIpc) is 3.31. The van der Waals surface area contributed by atoms with Gasteiger partial charge in [0.2, 0.25) is 10.0 Å². The maximum absolute atomic E-state index is 12.6. The molecule has 1 aliphatic heterocycles. The maximum Gasteiger partial charge on any atom is 0.244 e. The molecule has 2 atom stereocenters. The van der Waals surface area contributed by atoms with E-state index in [0.29, 0.717) is 10.8 Å². The van der Waals surface area contributed by atoms with Crippen molar-refractivity contribution in [1.82, 2.24) is 4.31 Å². The number of benzene rings is 1. The Bertz CT molecular complexity index is 641. The molecule has 0 aromatic heterocycles.